The van der Waals surface area contributed by atoms with Gasteiger partial charge in [-0.1, -0.05) is 31.0 Å². The Morgan fingerprint density at radius 1 is 1.21 bits per heavy atom. The maximum atomic E-state index is 12.7. The summed E-state index contributed by atoms with van der Waals surface area (Å²) in [6.07, 6.45) is 3.78. The smallest absolute Gasteiger partial charge is 0.182 e. The molecule has 2 rings (SSSR count). The SMILES string of the molecule is CCCNC1CCCC1S(=O)(=O)c1ccc(C)cc1. The molecule has 106 valence electrons. The minimum absolute atomic E-state index is 0.117. The predicted octanol–water partition coefficient (Wildman–Crippen LogP) is 2.69. The monoisotopic (exact) mass is 281 g/mol. The van der Waals surface area contributed by atoms with Gasteiger partial charge >= 0.3 is 0 Å². The number of rotatable bonds is 5. The molecular weight excluding hydrogens is 258 g/mol. The Morgan fingerprint density at radius 3 is 2.53 bits per heavy atom. The van der Waals surface area contributed by atoms with Gasteiger partial charge in [-0.05, 0) is 44.9 Å². The molecule has 1 aromatic carbocycles. The van der Waals surface area contributed by atoms with Crippen LogP contribution in [0.5, 0.6) is 0 Å². The van der Waals surface area contributed by atoms with Gasteiger partial charge < -0.3 is 5.32 Å². The third-order valence-electron chi connectivity index (χ3n) is 3.86. The van der Waals surface area contributed by atoms with Gasteiger partial charge in [0.05, 0.1) is 10.1 Å². The summed E-state index contributed by atoms with van der Waals surface area (Å²) in [5.41, 5.74) is 1.09. The summed E-state index contributed by atoms with van der Waals surface area (Å²) in [5.74, 6) is 0. The van der Waals surface area contributed by atoms with E-state index in [4.69, 9.17) is 0 Å². The molecule has 1 N–H and O–H groups in total. The Bertz CT molecular complexity index is 507. The fourth-order valence-electron chi connectivity index (χ4n) is 2.76. The van der Waals surface area contributed by atoms with Crippen molar-refractivity contribution in [2.45, 2.75) is 55.7 Å². The minimum atomic E-state index is -3.20. The third-order valence-corrected chi connectivity index (χ3v) is 6.15. The number of sulfone groups is 1. The van der Waals surface area contributed by atoms with E-state index in [0.717, 1.165) is 37.8 Å². The molecule has 0 aliphatic heterocycles. The summed E-state index contributed by atoms with van der Waals surface area (Å²) in [6.45, 7) is 4.97. The quantitative estimate of drug-likeness (QED) is 0.902. The third kappa shape index (κ3) is 3.18. The molecule has 0 radical (unpaired) electrons. The Morgan fingerprint density at radius 2 is 1.89 bits per heavy atom. The van der Waals surface area contributed by atoms with Crippen LogP contribution < -0.4 is 5.32 Å². The second-order valence-electron chi connectivity index (χ2n) is 5.39. The molecular formula is C15H23NO2S. The van der Waals surface area contributed by atoms with Crippen LogP contribution in [0.3, 0.4) is 0 Å². The van der Waals surface area contributed by atoms with Crippen LogP contribution in [0.1, 0.15) is 38.2 Å². The molecule has 3 nitrogen and oxygen atoms in total. The number of nitrogens with one attached hydrogen (secondary N) is 1. The van der Waals surface area contributed by atoms with Crippen molar-refractivity contribution in [3.8, 4) is 0 Å². The van der Waals surface area contributed by atoms with E-state index in [1.165, 1.54) is 0 Å². The van der Waals surface area contributed by atoms with Crippen molar-refractivity contribution in [2.75, 3.05) is 6.54 Å². The summed E-state index contributed by atoms with van der Waals surface area (Å²) in [7, 11) is -3.20. The topological polar surface area (TPSA) is 46.2 Å². The van der Waals surface area contributed by atoms with E-state index < -0.39 is 9.84 Å². The first-order valence-electron chi connectivity index (χ1n) is 7.09. The number of aryl methyl sites for hydroxylation is 1. The van der Waals surface area contributed by atoms with Crippen LogP contribution >= 0.6 is 0 Å². The van der Waals surface area contributed by atoms with Crippen molar-refractivity contribution in [1.29, 1.82) is 0 Å². The standard InChI is InChI=1S/C15H23NO2S/c1-3-11-16-14-5-4-6-15(14)19(17,18)13-9-7-12(2)8-10-13/h7-10,14-16H,3-6,11H2,1-2H3. The van der Waals surface area contributed by atoms with Crippen molar-refractivity contribution < 1.29 is 8.42 Å². The number of hydrogen-bond acceptors (Lipinski definition) is 3. The zero-order valence-electron chi connectivity index (χ0n) is 11.7. The van der Waals surface area contributed by atoms with E-state index >= 15 is 0 Å². The van der Waals surface area contributed by atoms with Gasteiger partial charge in [-0.25, -0.2) is 8.42 Å². The van der Waals surface area contributed by atoms with Gasteiger partial charge in [0.2, 0.25) is 0 Å². The Labute approximate surface area is 116 Å². The summed E-state index contributed by atoms with van der Waals surface area (Å²) in [4.78, 5) is 0.466. The van der Waals surface area contributed by atoms with Crippen LogP contribution in [0.25, 0.3) is 0 Å². The lowest BCUT2D eigenvalue weighted by Gasteiger charge is -2.21. The highest BCUT2D eigenvalue weighted by Crippen LogP contribution is 2.30. The molecule has 2 unspecified atom stereocenters. The molecule has 1 saturated carbocycles. The zero-order chi connectivity index (χ0) is 13.9. The average molecular weight is 281 g/mol. The molecule has 4 heteroatoms. The molecule has 1 fully saturated rings. The molecule has 1 aliphatic carbocycles. The van der Waals surface area contributed by atoms with Gasteiger partial charge in [-0.3, -0.25) is 0 Å². The fraction of sp³-hybridized carbons (Fsp3) is 0.600. The maximum Gasteiger partial charge on any atom is 0.182 e. The molecule has 0 heterocycles. The van der Waals surface area contributed by atoms with Crippen molar-refractivity contribution in [2.24, 2.45) is 0 Å². The van der Waals surface area contributed by atoms with Gasteiger partial charge in [0.1, 0.15) is 0 Å². The highest BCUT2D eigenvalue weighted by molar-refractivity contribution is 7.92. The first-order chi connectivity index (χ1) is 9.05. The van der Waals surface area contributed by atoms with E-state index in [9.17, 15) is 8.42 Å². The second kappa shape index (κ2) is 6.06. The maximum absolute atomic E-state index is 12.7. The van der Waals surface area contributed by atoms with E-state index in [1.807, 2.05) is 19.1 Å². The number of benzene rings is 1. The van der Waals surface area contributed by atoms with Crippen molar-refractivity contribution in [1.82, 2.24) is 5.32 Å². The van der Waals surface area contributed by atoms with Gasteiger partial charge in [-0.15, -0.1) is 0 Å². The van der Waals surface area contributed by atoms with Gasteiger partial charge in [0.25, 0.3) is 0 Å². The Kier molecular flexibility index (Phi) is 4.63. The molecule has 0 saturated heterocycles. The zero-order valence-corrected chi connectivity index (χ0v) is 12.5. The molecule has 2 atom stereocenters. The van der Waals surface area contributed by atoms with E-state index in [2.05, 4.69) is 12.2 Å². The van der Waals surface area contributed by atoms with E-state index in [0.29, 0.717) is 4.90 Å². The molecule has 0 bridgehead atoms. The molecule has 0 spiro atoms. The normalized spacial score (nSPS) is 23.7. The van der Waals surface area contributed by atoms with Gasteiger partial charge in [0.15, 0.2) is 9.84 Å². The van der Waals surface area contributed by atoms with Crippen LogP contribution in [0.4, 0.5) is 0 Å². The van der Waals surface area contributed by atoms with Crippen LogP contribution in [0, 0.1) is 6.92 Å². The first kappa shape index (κ1) is 14.5. The summed E-state index contributed by atoms with van der Waals surface area (Å²) in [5, 5.41) is 3.13. The molecule has 0 amide bonds. The van der Waals surface area contributed by atoms with Crippen LogP contribution in [0.2, 0.25) is 0 Å². The highest BCUT2D eigenvalue weighted by atomic mass is 32.2. The fourth-order valence-corrected chi connectivity index (χ4v) is 4.77. The first-order valence-corrected chi connectivity index (χ1v) is 8.64. The predicted molar refractivity (Wildman–Crippen MR) is 78.1 cm³/mol. The lowest BCUT2D eigenvalue weighted by atomic mass is 10.2. The largest absolute Gasteiger partial charge is 0.313 e. The summed E-state index contributed by atoms with van der Waals surface area (Å²) in [6, 6.07) is 7.33. The van der Waals surface area contributed by atoms with E-state index in [-0.39, 0.29) is 11.3 Å². The Balaban J connectivity index is 2.21. The minimum Gasteiger partial charge on any atom is -0.313 e. The molecule has 19 heavy (non-hydrogen) atoms. The van der Waals surface area contributed by atoms with Gasteiger partial charge in [0, 0.05) is 6.04 Å². The van der Waals surface area contributed by atoms with Crippen LogP contribution in [0.15, 0.2) is 29.2 Å². The molecule has 0 aromatic heterocycles. The van der Waals surface area contributed by atoms with Crippen molar-refractivity contribution >= 4 is 9.84 Å². The summed E-state index contributed by atoms with van der Waals surface area (Å²) < 4.78 is 25.4. The van der Waals surface area contributed by atoms with E-state index in [1.54, 1.807) is 12.1 Å². The lowest BCUT2D eigenvalue weighted by molar-refractivity contribution is 0.505. The molecule has 1 aromatic rings. The Hall–Kier alpha value is -0.870. The highest BCUT2D eigenvalue weighted by Gasteiger charge is 2.37. The lowest BCUT2D eigenvalue weighted by Crippen LogP contribution is -2.40. The van der Waals surface area contributed by atoms with Gasteiger partial charge in [-0.2, -0.15) is 0 Å². The number of hydrogen-bond donors (Lipinski definition) is 1. The molecule has 1 aliphatic rings. The van der Waals surface area contributed by atoms with Crippen molar-refractivity contribution in [3.63, 3.8) is 0 Å². The average Bonchev–Trinajstić information content (AvgIpc) is 2.86. The van der Waals surface area contributed by atoms with Crippen LogP contribution in [-0.2, 0) is 9.84 Å². The van der Waals surface area contributed by atoms with Crippen molar-refractivity contribution in [3.05, 3.63) is 29.8 Å². The second-order valence-corrected chi connectivity index (χ2v) is 7.55. The summed E-state index contributed by atoms with van der Waals surface area (Å²) >= 11 is 0. The van der Waals surface area contributed by atoms with Crippen LogP contribution in [-0.4, -0.2) is 26.3 Å².